The van der Waals surface area contributed by atoms with E-state index in [0.717, 1.165) is 24.0 Å². The van der Waals surface area contributed by atoms with Gasteiger partial charge in [0.25, 0.3) is 5.91 Å². The number of ether oxygens (including phenoxy) is 2. The predicted octanol–water partition coefficient (Wildman–Crippen LogP) is 5.93. The number of carbonyl (C=O) groups is 2. The smallest absolute Gasteiger partial charge is 0.325 e. The number of carbonyl (C=O) groups excluding carboxylic acids is 2. The van der Waals surface area contributed by atoms with Gasteiger partial charge in [-0.15, -0.1) is 0 Å². The van der Waals surface area contributed by atoms with E-state index in [1.54, 1.807) is 17.0 Å². The van der Waals surface area contributed by atoms with Crippen LogP contribution in [-0.4, -0.2) is 23.7 Å². The van der Waals surface area contributed by atoms with Crippen molar-refractivity contribution in [2.45, 2.75) is 50.6 Å². The number of amides is 3. The molecule has 41 heavy (non-hydrogen) atoms. The molecule has 0 aromatic heterocycles. The maximum absolute atomic E-state index is 13.5. The molecule has 2 N–H and O–H groups in total. The molecule has 3 aliphatic rings. The van der Waals surface area contributed by atoms with Gasteiger partial charge in [0.15, 0.2) is 17.2 Å². The number of nitrogens with zero attached hydrogens (tertiary/aromatic N) is 1. The Morgan fingerprint density at radius 1 is 0.976 bits per heavy atom. The van der Waals surface area contributed by atoms with Crippen LogP contribution in [0, 0.1) is 0 Å². The monoisotopic (exact) mass is 545 g/mol. The Balaban J connectivity index is 1.13. The molecule has 206 valence electrons. The summed E-state index contributed by atoms with van der Waals surface area (Å²) in [6.45, 7) is 2.32. The highest BCUT2D eigenvalue weighted by Crippen LogP contribution is 2.49. The molecule has 7 nitrogen and oxygen atoms in total. The van der Waals surface area contributed by atoms with Crippen molar-refractivity contribution >= 4 is 17.6 Å². The van der Waals surface area contributed by atoms with Crippen molar-refractivity contribution in [3.05, 3.63) is 125 Å². The van der Waals surface area contributed by atoms with Crippen molar-refractivity contribution in [1.29, 1.82) is 0 Å². The molecule has 2 aliphatic heterocycles. The molecular formula is C34H31N3O4. The standard InChI is InChI=1S/C34H31N3O4/c1-34-20-29(28-15-8-16-30(31(28)41-34)40-21-22-9-3-2-4-10-22)36-33(39)37(34)27-14-7-13-25(19-27)32(38)35-26-17-23-11-5-6-12-24(23)18-26/h2-16,19,26,29H,17-18,20-21H2,1H3,(H,35,38)(H,36,39). The van der Waals surface area contributed by atoms with Crippen LogP contribution in [0.25, 0.3) is 0 Å². The first-order valence-electron chi connectivity index (χ1n) is 14.0. The maximum atomic E-state index is 13.5. The maximum Gasteiger partial charge on any atom is 0.325 e. The number of para-hydroxylation sites is 1. The zero-order chi connectivity index (χ0) is 28.0. The minimum absolute atomic E-state index is 0.0487. The van der Waals surface area contributed by atoms with Crippen LogP contribution in [0.1, 0.15) is 52.0 Å². The second-order valence-electron chi connectivity index (χ2n) is 11.2. The fourth-order valence-electron chi connectivity index (χ4n) is 6.32. The highest BCUT2D eigenvalue weighted by molar-refractivity contribution is 5.99. The van der Waals surface area contributed by atoms with Gasteiger partial charge < -0.3 is 20.1 Å². The number of anilines is 1. The second-order valence-corrected chi connectivity index (χ2v) is 11.2. The van der Waals surface area contributed by atoms with Gasteiger partial charge in [0.2, 0.25) is 0 Å². The average molecular weight is 546 g/mol. The molecule has 0 spiro atoms. The van der Waals surface area contributed by atoms with E-state index in [9.17, 15) is 9.59 Å². The van der Waals surface area contributed by atoms with Gasteiger partial charge in [-0.2, -0.15) is 0 Å². The van der Waals surface area contributed by atoms with Crippen molar-refractivity contribution in [2.75, 3.05) is 4.90 Å². The molecule has 1 aliphatic carbocycles. The zero-order valence-electron chi connectivity index (χ0n) is 22.8. The number of hydrogen-bond donors (Lipinski definition) is 2. The molecule has 4 aromatic rings. The lowest BCUT2D eigenvalue weighted by molar-refractivity contribution is 0.0338. The van der Waals surface area contributed by atoms with Gasteiger partial charge in [-0.05, 0) is 60.7 Å². The predicted molar refractivity (Wildman–Crippen MR) is 156 cm³/mol. The van der Waals surface area contributed by atoms with E-state index in [2.05, 4.69) is 22.8 Å². The Kier molecular flexibility index (Phi) is 6.15. The molecular weight excluding hydrogens is 514 g/mol. The minimum Gasteiger partial charge on any atom is -0.485 e. The molecule has 2 atom stereocenters. The third-order valence-corrected chi connectivity index (χ3v) is 8.25. The fraction of sp³-hybridized carbons (Fsp3) is 0.235. The second kappa shape index (κ2) is 10.0. The van der Waals surface area contributed by atoms with E-state index in [4.69, 9.17) is 9.47 Å². The lowest BCUT2D eigenvalue weighted by Gasteiger charge is -2.50. The van der Waals surface area contributed by atoms with Gasteiger partial charge in [-0.3, -0.25) is 9.69 Å². The Morgan fingerprint density at radius 2 is 1.71 bits per heavy atom. The summed E-state index contributed by atoms with van der Waals surface area (Å²) in [4.78, 5) is 28.4. The number of rotatable bonds is 6. The van der Waals surface area contributed by atoms with E-state index in [1.165, 1.54) is 11.1 Å². The molecule has 3 amide bonds. The summed E-state index contributed by atoms with van der Waals surface area (Å²) in [6.07, 6.45) is 2.18. The van der Waals surface area contributed by atoms with Gasteiger partial charge in [0.05, 0.1) is 11.7 Å². The first kappa shape index (κ1) is 25.2. The zero-order valence-corrected chi connectivity index (χ0v) is 22.8. The molecule has 0 saturated carbocycles. The van der Waals surface area contributed by atoms with Gasteiger partial charge in [0.1, 0.15) is 6.61 Å². The van der Waals surface area contributed by atoms with Crippen LogP contribution in [0.15, 0.2) is 97.1 Å². The number of hydrogen-bond acceptors (Lipinski definition) is 4. The molecule has 2 unspecified atom stereocenters. The van der Waals surface area contributed by atoms with Crippen LogP contribution < -0.4 is 25.0 Å². The highest BCUT2D eigenvalue weighted by Gasteiger charge is 2.50. The molecule has 4 aromatic carbocycles. The van der Waals surface area contributed by atoms with Crippen LogP contribution in [0.2, 0.25) is 0 Å². The highest BCUT2D eigenvalue weighted by atomic mass is 16.5. The summed E-state index contributed by atoms with van der Waals surface area (Å²) in [7, 11) is 0. The van der Waals surface area contributed by atoms with Crippen LogP contribution in [0.3, 0.4) is 0 Å². The minimum atomic E-state index is -0.978. The Morgan fingerprint density at radius 3 is 2.49 bits per heavy atom. The van der Waals surface area contributed by atoms with Crippen molar-refractivity contribution in [2.24, 2.45) is 0 Å². The van der Waals surface area contributed by atoms with E-state index >= 15 is 0 Å². The lowest BCUT2D eigenvalue weighted by Crippen LogP contribution is -2.65. The number of urea groups is 1. The van der Waals surface area contributed by atoms with E-state index < -0.39 is 5.72 Å². The molecule has 1 saturated heterocycles. The SMILES string of the molecule is CC12CC(NC(=O)N1c1cccc(C(=O)NC3Cc4ccccc4C3)c1)c1cccc(OCc3ccccc3)c1O2. The molecule has 7 rings (SSSR count). The molecule has 7 heteroatoms. The largest absolute Gasteiger partial charge is 0.485 e. The lowest BCUT2D eigenvalue weighted by atomic mass is 9.89. The summed E-state index contributed by atoms with van der Waals surface area (Å²) in [6, 6.07) is 30.8. The van der Waals surface area contributed by atoms with Crippen molar-refractivity contribution in [3.63, 3.8) is 0 Å². The number of fused-ring (bicyclic) bond motifs is 5. The summed E-state index contributed by atoms with van der Waals surface area (Å²) in [5, 5.41) is 6.33. The number of benzene rings is 4. The van der Waals surface area contributed by atoms with E-state index in [1.807, 2.05) is 79.7 Å². The third kappa shape index (κ3) is 4.67. The Labute approximate surface area is 239 Å². The quantitative estimate of drug-likeness (QED) is 0.315. The van der Waals surface area contributed by atoms with Crippen LogP contribution >= 0.6 is 0 Å². The van der Waals surface area contributed by atoms with Gasteiger partial charge >= 0.3 is 6.03 Å². The third-order valence-electron chi connectivity index (χ3n) is 8.25. The molecule has 1 fully saturated rings. The van der Waals surface area contributed by atoms with Gasteiger partial charge in [-0.25, -0.2) is 4.79 Å². The normalized spacial score (nSPS) is 20.9. The molecule has 2 bridgehead atoms. The Bertz CT molecular complexity index is 1610. The fourth-order valence-corrected chi connectivity index (χ4v) is 6.32. The average Bonchev–Trinajstić information content (AvgIpc) is 3.39. The van der Waals surface area contributed by atoms with E-state index in [0.29, 0.717) is 35.8 Å². The van der Waals surface area contributed by atoms with E-state index in [-0.39, 0.29) is 24.0 Å². The van der Waals surface area contributed by atoms with Crippen molar-refractivity contribution in [1.82, 2.24) is 10.6 Å². The summed E-state index contributed by atoms with van der Waals surface area (Å²) in [5.74, 6) is 1.10. The topological polar surface area (TPSA) is 79.9 Å². The Hall–Kier alpha value is -4.78. The summed E-state index contributed by atoms with van der Waals surface area (Å²) >= 11 is 0. The van der Waals surface area contributed by atoms with Crippen LogP contribution in [-0.2, 0) is 19.4 Å². The number of nitrogens with one attached hydrogen (secondary N) is 2. The first-order chi connectivity index (χ1) is 20.0. The molecule has 2 heterocycles. The molecule has 0 radical (unpaired) electrons. The van der Waals surface area contributed by atoms with Gasteiger partial charge in [0, 0.05) is 23.6 Å². The van der Waals surface area contributed by atoms with Crippen molar-refractivity contribution in [3.8, 4) is 11.5 Å². The van der Waals surface area contributed by atoms with Crippen LogP contribution in [0.5, 0.6) is 11.5 Å². The summed E-state index contributed by atoms with van der Waals surface area (Å²) < 4.78 is 12.8. The van der Waals surface area contributed by atoms with Crippen molar-refractivity contribution < 1.29 is 19.1 Å². The first-order valence-corrected chi connectivity index (χ1v) is 14.0. The van der Waals surface area contributed by atoms with Gasteiger partial charge in [-0.1, -0.05) is 72.8 Å². The summed E-state index contributed by atoms with van der Waals surface area (Å²) in [5.41, 5.74) is 4.62. The van der Waals surface area contributed by atoms with Crippen LogP contribution in [0.4, 0.5) is 10.5 Å².